The van der Waals surface area contributed by atoms with Crippen LogP contribution in [0.2, 0.25) is 0 Å². The highest BCUT2D eigenvalue weighted by atomic mass is 32.1. The Morgan fingerprint density at radius 3 is 1.52 bits per heavy atom. The van der Waals surface area contributed by atoms with Gasteiger partial charge >= 0.3 is 0 Å². The van der Waals surface area contributed by atoms with Crippen LogP contribution >= 0.6 is 11.3 Å². The van der Waals surface area contributed by atoms with Crippen LogP contribution in [0.5, 0.6) is 0 Å². The molecule has 0 radical (unpaired) electrons. The highest BCUT2D eigenvalue weighted by molar-refractivity contribution is 7.25. The first-order valence-corrected chi connectivity index (χ1v) is 20.6. The lowest BCUT2D eigenvalue weighted by molar-refractivity contribution is 1.29. The van der Waals surface area contributed by atoms with E-state index in [2.05, 4.69) is 229 Å². The van der Waals surface area contributed by atoms with Crippen molar-refractivity contribution in [2.75, 3.05) is 4.90 Å². The Labute approximate surface area is 342 Å². The molecule has 0 aliphatic rings. The van der Waals surface area contributed by atoms with Gasteiger partial charge in [0.15, 0.2) is 0 Å². The average molecular weight is 756 g/mol. The molecule has 11 rings (SSSR count). The minimum Gasteiger partial charge on any atom is -0.310 e. The molecule has 0 bridgehead atoms. The average Bonchev–Trinajstić information content (AvgIpc) is 3.67. The lowest BCUT2D eigenvalue weighted by Gasteiger charge is -2.29. The van der Waals surface area contributed by atoms with Gasteiger partial charge in [0.05, 0.1) is 5.69 Å². The van der Waals surface area contributed by atoms with E-state index in [1.54, 1.807) is 0 Å². The summed E-state index contributed by atoms with van der Waals surface area (Å²) < 4.78 is 2.60. The van der Waals surface area contributed by atoms with Crippen LogP contribution in [0.1, 0.15) is 0 Å². The Kier molecular flexibility index (Phi) is 8.42. The number of fused-ring (bicyclic) bond motifs is 5. The summed E-state index contributed by atoms with van der Waals surface area (Å²) in [4.78, 5) is 2.45. The van der Waals surface area contributed by atoms with E-state index in [0.717, 1.165) is 17.1 Å². The molecule has 11 aromatic rings. The van der Waals surface area contributed by atoms with E-state index in [4.69, 9.17) is 0 Å². The summed E-state index contributed by atoms with van der Waals surface area (Å²) >= 11 is 1.86. The van der Waals surface area contributed by atoms with Crippen LogP contribution in [0.4, 0.5) is 17.1 Å². The zero-order valence-corrected chi connectivity index (χ0v) is 32.5. The van der Waals surface area contributed by atoms with Crippen molar-refractivity contribution in [3.8, 4) is 44.5 Å². The van der Waals surface area contributed by atoms with Gasteiger partial charge in [0, 0.05) is 37.1 Å². The maximum atomic E-state index is 2.45. The standard InChI is InChI=1S/C56H37NS/c1-2-13-41(14-3-1)51-31-27-48(47-24-22-39-12-5-7-16-43(39)35-47)36-54(51)57(50-30-32-56-53(37-50)52-19-8-9-20-55(52)58-56)49-28-25-40(26-29-49)44-17-10-18-45(33-44)46-23-21-38-11-4-6-15-42(38)34-46/h1-37H. The third-order valence-electron chi connectivity index (χ3n) is 11.4. The smallest absolute Gasteiger partial charge is 0.0546 e. The molecular formula is C56H37NS. The second-order valence-corrected chi connectivity index (χ2v) is 16.0. The Morgan fingerprint density at radius 1 is 0.276 bits per heavy atom. The summed E-state index contributed by atoms with van der Waals surface area (Å²) in [5, 5.41) is 7.56. The van der Waals surface area contributed by atoms with Crippen LogP contribution in [0.3, 0.4) is 0 Å². The quantitative estimate of drug-likeness (QED) is 0.157. The topological polar surface area (TPSA) is 3.24 Å². The van der Waals surface area contributed by atoms with E-state index in [-0.39, 0.29) is 0 Å². The fourth-order valence-corrected chi connectivity index (χ4v) is 9.54. The van der Waals surface area contributed by atoms with E-state index in [1.807, 2.05) is 11.3 Å². The molecule has 10 aromatic carbocycles. The fourth-order valence-electron chi connectivity index (χ4n) is 8.46. The van der Waals surface area contributed by atoms with Crippen LogP contribution in [-0.2, 0) is 0 Å². The van der Waals surface area contributed by atoms with E-state index < -0.39 is 0 Å². The number of nitrogens with zero attached hydrogens (tertiary/aromatic N) is 1. The molecule has 1 nitrogen and oxygen atoms in total. The molecule has 0 amide bonds. The number of benzene rings is 10. The van der Waals surface area contributed by atoms with Crippen molar-refractivity contribution in [1.29, 1.82) is 0 Å². The lowest BCUT2D eigenvalue weighted by Crippen LogP contribution is -2.11. The van der Waals surface area contributed by atoms with E-state index in [1.165, 1.54) is 86.2 Å². The number of anilines is 3. The second kappa shape index (κ2) is 14.4. The predicted molar refractivity (Wildman–Crippen MR) is 251 cm³/mol. The number of hydrogen-bond acceptors (Lipinski definition) is 2. The number of thiophene rings is 1. The zero-order chi connectivity index (χ0) is 38.4. The molecular weight excluding hydrogens is 719 g/mol. The first-order valence-electron chi connectivity index (χ1n) is 19.8. The van der Waals surface area contributed by atoms with Crippen molar-refractivity contribution in [1.82, 2.24) is 0 Å². The Bertz CT molecular complexity index is 3290. The minimum atomic E-state index is 1.10. The summed E-state index contributed by atoms with van der Waals surface area (Å²) in [7, 11) is 0. The molecule has 0 unspecified atom stereocenters. The van der Waals surface area contributed by atoms with Gasteiger partial charge < -0.3 is 4.90 Å². The summed E-state index contributed by atoms with van der Waals surface area (Å²) in [6, 6.07) is 82.2. The first-order chi connectivity index (χ1) is 28.7. The molecule has 0 fully saturated rings. The van der Waals surface area contributed by atoms with Gasteiger partial charge in [0.1, 0.15) is 0 Å². The van der Waals surface area contributed by atoms with Crippen LogP contribution in [-0.4, -0.2) is 0 Å². The molecule has 2 heteroatoms. The van der Waals surface area contributed by atoms with E-state index in [0.29, 0.717) is 0 Å². The van der Waals surface area contributed by atoms with Crippen molar-refractivity contribution >= 4 is 70.1 Å². The van der Waals surface area contributed by atoms with Crippen molar-refractivity contribution in [3.05, 3.63) is 224 Å². The van der Waals surface area contributed by atoms with Crippen molar-refractivity contribution in [2.24, 2.45) is 0 Å². The Morgan fingerprint density at radius 2 is 0.793 bits per heavy atom. The van der Waals surface area contributed by atoms with Crippen LogP contribution in [0, 0.1) is 0 Å². The van der Waals surface area contributed by atoms with Crippen molar-refractivity contribution in [2.45, 2.75) is 0 Å². The second-order valence-electron chi connectivity index (χ2n) is 15.0. The lowest BCUT2D eigenvalue weighted by atomic mass is 9.95. The fraction of sp³-hybridized carbons (Fsp3) is 0. The van der Waals surface area contributed by atoms with Crippen molar-refractivity contribution in [3.63, 3.8) is 0 Å². The van der Waals surface area contributed by atoms with Crippen molar-refractivity contribution < 1.29 is 0 Å². The molecule has 0 aliphatic heterocycles. The van der Waals surface area contributed by atoms with Gasteiger partial charge in [0.25, 0.3) is 0 Å². The largest absolute Gasteiger partial charge is 0.310 e. The maximum absolute atomic E-state index is 2.45. The minimum absolute atomic E-state index is 1.10. The van der Waals surface area contributed by atoms with E-state index >= 15 is 0 Å². The molecule has 1 aromatic heterocycles. The predicted octanol–water partition coefficient (Wildman–Crippen LogP) is 16.5. The van der Waals surface area contributed by atoms with Gasteiger partial charge in [-0.05, 0) is 121 Å². The molecule has 0 spiro atoms. The van der Waals surface area contributed by atoms with Gasteiger partial charge in [-0.2, -0.15) is 0 Å². The summed E-state index contributed by atoms with van der Waals surface area (Å²) in [5.41, 5.74) is 12.9. The van der Waals surface area contributed by atoms with Gasteiger partial charge in [-0.25, -0.2) is 0 Å². The molecule has 272 valence electrons. The summed E-state index contributed by atoms with van der Waals surface area (Å²) in [5.74, 6) is 0. The zero-order valence-electron chi connectivity index (χ0n) is 31.7. The molecule has 0 atom stereocenters. The highest BCUT2D eigenvalue weighted by Gasteiger charge is 2.20. The molecule has 58 heavy (non-hydrogen) atoms. The monoisotopic (exact) mass is 755 g/mol. The highest BCUT2D eigenvalue weighted by Crippen LogP contribution is 2.46. The normalized spacial score (nSPS) is 11.4. The van der Waals surface area contributed by atoms with Crippen LogP contribution in [0.15, 0.2) is 224 Å². The SMILES string of the molecule is c1ccc(-c2ccc(-c3ccc4ccccc4c3)cc2N(c2ccc(-c3cccc(-c4ccc5ccccc5c4)c3)cc2)c2ccc3sc4ccccc4c3c2)cc1. The third-order valence-corrected chi connectivity index (χ3v) is 12.6. The molecule has 1 heterocycles. The van der Waals surface area contributed by atoms with Gasteiger partial charge in [-0.3, -0.25) is 0 Å². The molecule has 0 aliphatic carbocycles. The summed E-state index contributed by atoms with van der Waals surface area (Å²) in [6.45, 7) is 0. The Balaban J connectivity index is 1.07. The van der Waals surface area contributed by atoms with Gasteiger partial charge in [-0.1, -0.05) is 164 Å². The Hall–Kier alpha value is -7.26. The number of hydrogen-bond donors (Lipinski definition) is 0. The van der Waals surface area contributed by atoms with Gasteiger partial charge in [0.2, 0.25) is 0 Å². The maximum Gasteiger partial charge on any atom is 0.0546 e. The third kappa shape index (κ3) is 6.21. The molecule has 0 saturated heterocycles. The summed E-state index contributed by atoms with van der Waals surface area (Å²) in [6.07, 6.45) is 0. The molecule has 0 N–H and O–H groups in total. The number of rotatable bonds is 7. The molecule has 0 saturated carbocycles. The van der Waals surface area contributed by atoms with Crippen LogP contribution in [0.25, 0.3) is 86.2 Å². The first kappa shape index (κ1) is 34.0. The van der Waals surface area contributed by atoms with Crippen LogP contribution < -0.4 is 4.90 Å². The van der Waals surface area contributed by atoms with Gasteiger partial charge in [-0.15, -0.1) is 11.3 Å². The van der Waals surface area contributed by atoms with E-state index in [9.17, 15) is 0 Å².